The standard InChI is InChI=1S/C26H25NO4/c28-25(30-18-21-12-6-2-7-13-21)23-16-24(27(23)17-20-10-4-1-5-11-20)26(29)31-19-22-14-8-3-9-15-22/h1-15,23-24H,16-19H2. The van der Waals surface area contributed by atoms with Crippen molar-refractivity contribution in [3.05, 3.63) is 108 Å². The van der Waals surface area contributed by atoms with Gasteiger partial charge < -0.3 is 9.47 Å². The number of hydrogen-bond acceptors (Lipinski definition) is 5. The zero-order valence-corrected chi connectivity index (χ0v) is 17.2. The van der Waals surface area contributed by atoms with Crippen LogP contribution in [0.4, 0.5) is 0 Å². The van der Waals surface area contributed by atoms with Crippen LogP contribution in [-0.2, 0) is 38.8 Å². The van der Waals surface area contributed by atoms with Crippen LogP contribution >= 0.6 is 0 Å². The van der Waals surface area contributed by atoms with E-state index in [4.69, 9.17) is 9.47 Å². The lowest BCUT2D eigenvalue weighted by molar-refractivity contribution is -0.173. The zero-order valence-electron chi connectivity index (χ0n) is 17.2. The molecule has 31 heavy (non-hydrogen) atoms. The average molecular weight is 415 g/mol. The SMILES string of the molecule is O=C(OCc1ccccc1)C1CC(C(=O)OCc2ccccc2)N1Cc1ccccc1. The van der Waals surface area contributed by atoms with E-state index < -0.39 is 12.1 Å². The highest BCUT2D eigenvalue weighted by atomic mass is 16.5. The van der Waals surface area contributed by atoms with E-state index in [1.807, 2.05) is 95.9 Å². The van der Waals surface area contributed by atoms with Crippen LogP contribution in [0.1, 0.15) is 23.1 Å². The van der Waals surface area contributed by atoms with E-state index in [0.717, 1.165) is 16.7 Å². The lowest BCUT2D eigenvalue weighted by atomic mass is 9.91. The summed E-state index contributed by atoms with van der Waals surface area (Å²) in [5, 5.41) is 0. The zero-order chi connectivity index (χ0) is 21.5. The molecule has 0 amide bonds. The molecule has 5 nitrogen and oxygen atoms in total. The summed E-state index contributed by atoms with van der Waals surface area (Å²) in [7, 11) is 0. The second kappa shape index (κ2) is 10.0. The van der Waals surface area contributed by atoms with Crippen molar-refractivity contribution < 1.29 is 19.1 Å². The minimum Gasteiger partial charge on any atom is -0.460 e. The van der Waals surface area contributed by atoms with Crippen molar-refractivity contribution in [2.75, 3.05) is 0 Å². The lowest BCUT2D eigenvalue weighted by Crippen LogP contribution is -2.62. The molecule has 3 aromatic rings. The summed E-state index contributed by atoms with van der Waals surface area (Å²) >= 11 is 0. The van der Waals surface area contributed by atoms with Gasteiger partial charge in [-0.25, -0.2) is 0 Å². The lowest BCUT2D eigenvalue weighted by Gasteiger charge is -2.45. The van der Waals surface area contributed by atoms with E-state index >= 15 is 0 Å². The molecule has 0 saturated carbocycles. The van der Waals surface area contributed by atoms with Gasteiger partial charge in [0.25, 0.3) is 0 Å². The van der Waals surface area contributed by atoms with Crippen molar-refractivity contribution in [3.63, 3.8) is 0 Å². The van der Waals surface area contributed by atoms with Crippen molar-refractivity contribution in [2.45, 2.75) is 38.3 Å². The van der Waals surface area contributed by atoms with Crippen LogP contribution in [0.2, 0.25) is 0 Å². The smallest absolute Gasteiger partial charge is 0.323 e. The van der Waals surface area contributed by atoms with E-state index in [9.17, 15) is 9.59 Å². The maximum Gasteiger partial charge on any atom is 0.323 e. The third kappa shape index (κ3) is 5.38. The molecule has 3 aromatic carbocycles. The summed E-state index contributed by atoms with van der Waals surface area (Å²) in [5.41, 5.74) is 2.90. The minimum atomic E-state index is -0.460. The molecule has 1 aliphatic rings. The normalized spacial score (nSPS) is 18.1. The summed E-state index contributed by atoms with van der Waals surface area (Å²) in [4.78, 5) is 27.3. The van der Waals surface area contributed by atoms with E-state index in [0.29, 0.717) is 13.0 Å². The molecule has 158 valence electrons. The third-order valence-electron chi connectivity index (χ3n) is 5.45. The van der Waals surface area contributed by atoms with Gasteiger partial charge in [-0.05, 0) is 23.1 Å². The van der Waals surface area contributed by atoms with Gasteiger partial charge in [-0.15, -0.1) is 0 Å². The first-order valence-corrected chi connectivity index (χ1v) is 10.4. The Morgan fingerprint density at radius 2 is 1.03 bits per heavy atom. The fraction of sp³-hybridized carbons (Fsp3) is 0.231. The number of benzene rings is 3. The Kier molecular flexibility index (Phi) is 6.75. The number of likely N-dealkylation sites (tertiary alicyclic amines) is 1. The van der Waals surface area contributed by atoms with Crippen LogP contribution in [0.3, 0.4) is 0 Å². The van der Waals surface area contributed by atoms with Crippen molar-refractivity contribution in [2.24, 2.45) is 0 Å². The second-order valence-electron chi connectivity index (χ2n) is 7.61. The number of carbonyl (C=O) groups is 2. The fourth-order valence-electron chi connectivity index (χ4n) is 3.69. The summed E-state index contributed by atoms with van der Waals surface area (Å²) in [6.45, 7) is 0.925. The predicted molar refractivity (Wildman–Crippen MR) is 117 cm³/mol. The molecule has 2 unspecified atom stereocenters. The molecule has 0 bridgehead atoms. The quantitative estimate of drug-likeness (QED) is 0.518. The van der Waals surface area contributed by atoms with Gasteiger partial charge in [0.15, 0.2) is 0 Å². The van der Waals surface area contributed by atoms with Crippen LogP contribution in [0.25, 0.3) is 0 Å². The van der Waals surface area contributed by atoms with Gasteiger partial charge in [-0.1, -0.05) is 91.0 Å². The van der Waals surface area contributed by atoms with Gasteiger partial charge in [0.2, 0.25) is 0 Å². The first-order chi connectivity index (χ1) is 15.2. The third-order valence-corrected chi connectivity index (χ3v) is 5.45. The molecule has 0 aromatic heterocycles. The first kappa shape index (κ1) is 20.8. The van der Waals surface area contributed by atoms with Crippen LogP contribution in [-0.4, -0.2) is 28.9 Å². The molecule has 4 rings (SSSR count). The number of carbonyl (C=O) groups excluding carboxylic acids is 2. The maximum absolute atomic E-state index is 12.7. The average Bonchev–Trinajstić information content (AvgIpc) is 2.81. The van der Waals surface area contributed by atoms with Crippen molar-refractivity contribution in [1.29, 1.82) is 0 Å². The highest BCUT2D eigenvalue weighted by molar-refractivity contribution is 5.84. The Balaban J connectivity index is 1.39. The number of ether oxygens (including phenoxy) is 2. The molecule has 0 aliphatic carbocycles. The van der Waals surface area contributed by atoms with Crippen molar-refractivity contribution in [3.8, 4) is 0 Å². The Morgan fingerprint density at radius 3 is 1.45 bits per heavy atom. The Bertz CT molecular complexity index is 930. The molecule has 1 aliphatic heterocycles. The highest BCUT2D eigenvalue weighted by Crippen LogP contribution is 2.30. The second-order valence-corrected chi connectivity index (χ2v) is 7.61. The van der Waals surface area contributed by atoms with E-state index in [1.165, 1.54) is 0 Å². The molecule has 2 atom stereocenters. The van der Waals surface area contributed by atoms with Gasteiger partial charge >= 0.3 is 11.9 Å². The molecular formula is C26H25NO4. The fourth-order valence-corrected chi connectivity index (χ4v) is 3.69. The number of hydrogen-bond donors (Lipinski definition) is 0. The van der Waals surface area contributed by atoms with E-state index in [2.05, 4.69) is 0 Å². The van der Waals surface area contributed by atoms with Gasteiger partial charge in [-0.3, -0.25) is 14.5 Å². The summed E-state index contributed by atoms with van der Waals surface area (Å²) in [5.74, 6) is -0.626. The number of nitrogens with zero attached hydrogens (tertiary/aromatic N) is 1. The minimum absolute atomic E-state index is 0.221. The number of rotatable bonds is 8. The van der Waals surface area contributed by atoms with Gasteiger partial charge in [0.05, 0.1) is 0 Å². The molecule has 5 heteroatoms. The largest absolute Gasteiger partial charge is 0.460 e. The van der Waals surface area contributed by atoms with Crippen molar-refractivity contribution >= 4 is 11.9 Å². The Labute approximate surface area is 182 Å². The van der Waals surface area contributed by atoms with Crippen LogP contribution in [0, 0.1) is 0 Å². The van der Waals surface area contributed by atoms with Gasteiger partial charge in [0.1, 0.15) is 25.3 Å². The maximum atomic E-state index is 12.7. The van der Waals surface area contributed by atoms with Crippen molar-refractivity contribution in [1.82, 2.24) is 4.90 Å². The summed E-state index contributed by atoms with van der Waals surface area (Å²) in [6, 6.07) is 28.0. The molecule has 1 fully saturated rings. The first-order valence-electron chi connectivity index (χ1n) is 10.4. The molecule has 1 heterocycles. The predicted octanol–water partition coefficient (Wildman–Crippen LogP) is 4.12. The van der Waals surface area contributed by atoms with Crippen LogP contribution in [0.15, 0.2) is 91.0 Å². The summed E-state index contributed by atoms with van der Waals surface area (Å²) in [6.07, 6.45) is 0.397. The van der Waals surface area contributed by atoms with Crippen LogP contribution < -0.4 is 0 Å². The van der Waals surface area contributed by atoms with Gasteiger partial charge in [-0.2, -0.15) is 0 Å². The molecule has 0 radical (unpaired) electrons. The monoisotopic (exact) mass is 415 g/mol. The highest BCUT2D eigenvalue weighted by Gasteiger charge is 2.48. The summed E-state index contributed by atoms with van der Waals surface area (Å²) < 4.78 is 11.0. The Hall–Kier alpha value is -3.44. The Morgan fingerprint density at radius 1 is 0.645 bits per heavy atom. The number of esters is 2. The van der Waals surface area contributed by atoms with Crippen LogP contribution in [0.5, 0.6) is 0 Å². The molecule has 1 saturated heterocycles. The molecular weight excluding hydrogens is 390 g/mol. The topological polar surface area (TPSA) is 55.8 Å². The molecule has 0 N–H and O–H groups in total. The van der Waals surface area contributed by atoms with Gasteiger partial charge in [0, 0.05) is 6.54 Å². The van der Waals surface area contributed by atoms with E-state index in [-0.39, 0.29) is 25.2 Å². The van der Waals surface area contributed by atoms with E-state index in [1.54, 1.807) is 0 Å². The molecule has 0 spiro atoms.